The second kappa shape index (κ2) is 9.49. The van der Waals surface area contributed by atoms with Crippen molar-refractivity contribution in [1.82, 2.24) is 4.57 Å². The lowest BCUT2D eigenvalue weighted by Crippen LogP contribution is -2.16. The van der Waals surface area contributed by atoms with Gasteiger partial charge in [-0.15, -0.1) is 18.2 Å². The van der Waals surface area contributed by atoms with Gasteiger partial charge in [-0.05, 0) is 42.5 Å². The van der Waals surface area contributed by atoms with E-state index in [-0.39, 0.29) is 5.91 Å². The second-order valence-electron chi connectivity index (χ2n) is 5.79. The summed E-state index contributed by atoms with van der Waals surface area (Å²) in [5, 5.41) is 0. The van der Waals surface area contributed by atoms with Gasteiger partial charge >= 0.3 is 0 Å². The van der Waals surface area contributed by atoms with Gasteiger partial charge in [0.15, 0.2) is 4.80 Å². The van der Waals surface area contributed by atoms with Gasteiger partial charge in [0.25, 0.3) is 0 Å². The molecule has 2 aromatic carbocycles. The lowest BCUT2D eigenvalue weighted by Gasteiger charge is -2.02. The van der Waals surface area contributed by atoms with Crippen molar-refractivity contribution in [1.29, 1.82) is 0 Å². The zero-order valence-corrected chi connectivity index (χ0v) is 17.3. The third-order valence-electron chi connectivity index (χ3n) is 4.00. The Bertz CT molecular complexity index is 1080. The summed E-state index contributed by atoms with van der Waals surface area (Å²) in [5.74, 6) is 4.70. The number of nitrogens with zero attached hydrogens (tertiary/aromatic N) is 2. The summed E-state index contributed by atoms with van der Waals surface area (Å²) >= 11 is 3.05. The molecule has 0 saturated heterocycles. The van der Waals surface area contributed by atoms with Crippen molar-refractivity contribution in [3.63, 3.8) is 0 Å². The number of thioether (sulfide) groups is 1. The number of aromatic nitrogens is 1. The lowest BCUT2D eigenvalue weighted by atomic mass is 10.3. The number of terminal acetylenes is 1. The van der Waals surface area contributed by atoms with E-state index in [4.69, 9.17) is 15.9 Å². The maximum absolute atomic E-state index is 12.4. The van der Waals surface area contributed by atoms with Crippen LogP contribution in [0.25, 0.3) is 10.2 Å². The molecule has 0 aliphatic rings. The van der Waals surface area contributed by atoms with Gasteiger partial charge in [0, 0.05) is 17.1 Å². The number of ether oxygens (including phenoxy) is 2. The second-order valence-corrected chi connectivity index (χ2v) is 7.97. The van der Waals surface area contributed by atoms with Crippen molar-refractivity contribution in [2.75, 3.05) is 20.0 Å². The molecule has 0 aliphatic heterocycles. The van der Waals surface area contributed by atoms with Crippen LogP contribution < -0.4 is 14.3 Å². The van der Waals surface area contributed by atoms with Crippen molar-refractivity contribution in [3.05, 3.63) is 47.3 Å². The maximum atomic E-state index is 12.4. The number of thiazole rings is 1. The predicted molar refractivity (Wildman–Crippen MR) is 114 cm³/mol. The summed E-state index contributed by atoms with van der Waals surface area (Å²) in [6, 6.07) is 13.5. The number of methoxy groups -OCH3 is 2. The standard InChI is InChI=1S/C21H20N2O3S2/c1-4-12-23-18-10-7-16(26-3)14-19(18)28-21(23)22-20(24)11-13-27-17-8-5-15(25-2)6-9-17/h1,5-10,14H,11-13H2,2-3H3. The highest BCUT2D eigenvalue weighted by molar-refractivity contribution is 7.99. The number of benzene rings is 2. The monoisotopic (exact) mass is 412 g/mol. The molecule has 0 fully saturated rings. The quantitative estimate of drug-likeness (QED) is 0.435. The van der Waals surface area contributed by atoms with Crippen LogP contribution in [0.15, 0.2) is 52.4 Å². The number of fused-ring (bicyclic) bond motifs is 1. The highest BCUT2D eigenvalue weighted by atomic mass is 32.2. The van der Waals surface area contributed by atoms with E-state index in [1.165, 1.54) is 11.3 Å². The van der Waals surface area contributed by atoms with Crippen molar-refractivity contribution >= 4 is 39.2 Å². The molecule has 0 saturated carbocycles. The molecule has 7 heteroatoms. The zero-order valence-electron chi connectivity index (χ0n) is 15.7. The largest absolute Gasteiger partial charge is 0.497 e. The molecule has 0 bridgehead atoms. The number of hydrogen-bond acceptors (Lipinski definition) is 5. The maximum Gasteiger partial charge on any atom is 0.249 e. The van der Waals surface area contributed by atoms with Gasteiger partial charge in [-0.25, -0.2) is 0 Å². The fraction of sp³-hybridized carbons (Fsp3) is 0.238. The van der Waals surface area contributed by atoms with E-state index in [9.17, 15) is 4.79 Å². The van der Waals surface area contributed by atoms with E-state index in [1.54, 1.807) is 26.0 Å². The van der Waals surface area contributed by atoms with Crippen LogP contribution in [0.5, 0.6) is 11.5 Å². The molecule has 1 heterocycles. The first-order valence-electron chi connectivity index (χ1n) is 8.60. The smallest absolute Gasteiger partial charge is 0.249 e. The van der Waals surface area contributed by atoms with Gasteiger partial charge in [0.1, 0.15) is 11.5 Å². The van der Waals surface area contributed by atoms with Crippen LogP contribution in [0.3, 0.4) is 0 Å². The fourth-order valence-corrected chi connectivity index (χ4v) is 4.52. The molecule has 0 atom stereocenters. The van der Waals surface area contributed by atoms with Crippen LogP contribution in [0.1, 0.15) is 6.42 Å². The van der Waals surface area contributed by atoms with Crippen LogP contribution in [0.4, 0.5) is 0 Å². The first-order chi connectivity index (χ1) is 13.6. The van der Waals surface area contributed by atoms with Gasteiger partial charge in [-0.1, -0.05) is 17.3 Å². The average molecular weight is 413 g/mol. The average Bonchev–Trinajstić information content (AvgIpc) is 3.05. The van der Waals surface area contributed by atoms with E-state index >= 15 is 0 Å². The highest BCUT2D eigenvalue weighted by Gasteiger charge is 2.09. The van der Waals surface area contributed by atoms with Crippen molar-refractivity contribution in [2.45, 2.75) is 17.9 Å². The molecule has 144 valence electrons. The molecule has 0 spiro atoms. The highest BCUT2D eigenvalue weighted by Crippen LogP contribution is 2.24. The van der Waals surface area contributed by atoms with Crippen molar-refractivity contribution in [2.24, 2.45) is 4.99 Å². The third kappa shape index (κ3) is 4.77. The Balaban J connectivity index is 1.73. The SMILES string of the molecule is C#CCn1c(=NC(=O)CCSc2ccc(OC)cc2)sc2cc(OC)ccc21. The topological polar surface area (TPSA) is 52.8 Å². The first kappa shape index (κ1) is 20.1. The van der Waals surface area contributed by atoms with Gasteiger partial charge in [0.05, 0.1) is 31.0 Å². The Morgan fingerprint density at radius 1 is 1.18 bits per heavy atom. The van der Waals surface area contributed by atoms with Gasteiger partial charge in [-0.3, -0.25) is 4.79 Å². The minimum Gasteiger partial charge on any atom is -0.497 e. The van der Waals surface area contributed by atoms with E-state index in [1.807, 2.05) is 47.0 Å². The number of carbonyl (C=O) groups excluding carboxylic acids is 1. The number of rotatable bonds is 7. The molecule has 1 aromatic heterocycles. The summed E-state index contributed by atoms with van der Waals surface area (Å²) < 4.78 is 13.3. The van der Waals surface area contributed by atoms with E-state index in [0.29, 0.717) is 23.5 Å². The minimum atomic E-state index is -0.162. The van der Waals surface area contributed by atoms with Gasteiger partial charge in [-0.2, -0.15) is 4.99 Å². The van der Waals surface area contributed by atoms with E-state index < -0.39 is 0 Å². The van der Waals surface area contributed by atoms with Gasteiger partial charge in [0.2, 0.25) is 5.91 Å². The molecule has 0 unspecified atom stereocenters. The molecule has 3 aromatic rings. The summed E-state index contributed by atoms with van der Waals surface area (Å²) in [4.78, 5) is 18.4. The molecular formula is C21H20N2O3S2. The molecule has 1 amide bonds. The molecular weight excluding hydrogens is 392 g/mol. The van der Waals surface area contributed by atoms with Gasteiger partial charge < -0.3 is 14.0 Å². The van der Waals surface area contributed by atoms with Crippen LogP contribution in [0, 0.1) is 12.3 Å². The number of hydrogen-bond donors (Lipinski definition) is 0. The molecule has 0 radical (unpaired) electrons. The number of carbonyl (C=O) groups is 1. The molecule has 0 aliphatic carbocycles. The Labute approximate surface area is 172 Å². The van der Waals surface area contributed by atoms with Crippen LogP contribution in [-0.4, -0.2) is 30.4 Å². The lowest BCUT2D eigenvalue weighted by molar-refractivity contribution is -0.117. The molecule has 0 N–H and O–H groups in total. The normalized spacial score (nSPS) is 11.4. The summed E-state index contributed by atoms with van der Waals surface area (Å²) in [7, 11) is 3.26. The summed E-state index contributed by atoms with van der Waals surface area (Å²) in [6.07, 6.45) is 5.85. The zero-order chi connectivity index (χ0) is 19.9. The van der Waals surface area contributed by atoms with Crippen LogP contribution in [0.2, 0.25) is 0 Å². The Kier molecular flexibility index (Phi) is 6.80. The first-order valence-corrected chi connectivity index (χ1v) is 10.4. The Morgan fingerprint density at radius 2 is 1.89 bits per heavy atom. The Hall–Kier alpha value is -2.69. The van der Waals surface area contributed by atoms with Crippen LogP contribution in [-0.2, 0) is 11.3 Å². The van der Waals surface area contributed by atoms with E-state index in [0.717, 1.165) is 26.6 Å². The van der Waals surface area contributed by atoms with E-state index in [2.05, 4.69) is 10.9 Å². The molecule has 5 nitrogen and oxygen atoms in total. The number of amides is 1. The van der Waals surface area contributed by atoms with Crippen LogP contribution >= 0.6 is 23.1 Å². The predicted octanol–water partition coefficient (Wildman–Crippen LogP) is 3.96. The fourth-order valence-electron chi connectivity index (χ4n) is 2.60. The molecule has 3 rings (SSSR count). The summed E-state index contributed by atoms with van der Waals surface area (Å²) in [5.41, 5.74) is 0.947. The minimum absolute atomic E-state index is 0.162. The summed E-state index contributed by atoms with van der Waals surface area (Å²) in [6.45, 7) is 0.360. The Morgan fingerprint density at radius 3 is 2.57 bits per heavy atom. The molecule has 28 heavy (non-hydrogen) atoms. The third-order valence-corrected chi connectivity index (χ3v) is 6.06. The van der Waals surface area contributed by atoms with Crippen molar-refractivity contribution in [3.8, 4) is 23.8 Å². The van der Waals surface area contributed by atoms with Crippen molar-refractivity contribution < 1.29 is 14.3 Å².